The fourth-order valence-electron chi connectivity index (χ4n) is 4.37. The minimum Gasteiger partial charge on any atom is -0.466 e. The first kappa shape index (κ1) is 21.3. The molecule has 2 heterocycles. The molecule has 2 aliphatic heterocycles. The number of carbonyl (C=O) groups is 2. The van der Waals surface area contributed by atoms with Gasteiger partial charge in [-0.1, -0.05) is 60.7 Å². The number of benzene rings is 2. The van der Waals surface area contributed by atoms with Crippen molar-refractivity contribution in [2.75, 3.05) is 20.3 Å². The molecule has 1 amide bonds. The van der Waals surface area contributed by atoms with E-state index in [2.05, 4.69) is 0 Å². The summed E-state index contributed by atoms with van der Waals surface area (Å²) in [5.41, 5.74) is 1.32. The van der Waals surface area contributed by atoms with Crippen LogP contribution in [0.3, 0.4) is 0 Å². The number of nitrogens with zero attached hydrogens (tertiary/aromatic N) is 1. The molecule has 1 saturated heterocycles. The van der Waals surface area contributed by atoms with Gasteiger partial charge in [-0.15, -0.1) is 0 Å². The third kappa shape index (κ3) is 4.27. The molecule has 0 N–H and O–H groups in total. The number of methoxy groups -OCH3 is 1. The van der Waals surface area contributed by atoms with E-state index in [1.165, 1.54) is 13.2 Å². The fraction of sp³-hybridized carbons (Fsp3) is 0.360. The summed E-state index contributed by atoms with van der Waals surface area (Å²) in [6.07, 6.45) is 3.42. The molecule has 0 saturated carbocycles. The highest BCUT2D eigenvalue weighted by Gasteiger charge is 2.58. The Hall–Kier alpha value is -2.96. The zero-order chi connectivity index (χ0) is 21.7. The average Bonchev–Trinajstić information content (AvgIpc) is 3.33. The lowest BCUT2D eigenvalue weighted by molar-refractivity contribution is -0.145. The van der Waals surface area contributed by atoms with E-state index >= 15 is 0 Å². The summed E-state index contributed by atoms with van der Waals surface area (Å²) in [6.45, 7) is 1.50. The number of hydrogen-bond donors (Lipinski definition) is 0. The molecule has 2 atom stereocenters. The Morgan fingerprint density at radius 3 is 2.52 bits per heavy atom. The summed E-state index contributed by atoms with van der Waals surface area (Å²) < 4.78 is 16.9. The number of unbranched alkanes of at least 4 members (excludes halogenated alkanes) is 1. The number of esters is 1. The molecule has 6 nitrogen and oxygen atoms in total. The maximum atomic E-state index is 12.9. The van der Waals surface area contributed by atoms with Crippen molar-refractivity contribution in [1.82, 2.24) is 4.90 Å². The molecule has 0 bridgehead atoms. The lowest BCUT2D eigenvalue weighted by Gasteiger charge is -2.35. The maximum Gasteiger partial charge on any atom is 0.338 e. The summed E-state index contributed by atoms with van der Waals surface area (Å²) in [5.74, 6) is -0.739. The number of carbonyl (C=O) groups excluding carboxylic acids is 2. The highest BCUT2D eigenvalue weighted by Crippen LogP contribution is 2.48. The number of hydrogen-bond acceptors (Lipinski definition) is 5. The molecule has 0 aromatic heterocycles. The van der Waals surface area contributed by atoms with Gasteiger partial charge in [-0.2, -0.15) is 0 Å². The summed E-state index contributed by atoms with van der Waals surface area (Å²) in [4.78, 5) is 27.1. The van der Waals surface area contributed by atoms with Crippen molar-refractivity contribution in [3.63, 3.8) is 0 Å². The zero-order valence-corrected chi connectivity index (χ0v) is 17.7. The molecule has 0 aliphatic carbocycles. The van der Waals surface area contributed by atoms with Crippen molar-refractivity contribution < 1.29 is 23.8 Å². The Kier molecular flexibility index (Phi) is 6.49. The fourth-order valence-corrected chi connectivity index (χ4v) is 4.37. The molecule has 162 valence electrons. The van der Waals surface area contributed by atoms with Gasteiger partial charge in [0.1, 0.15) is 0 Å². The Balaban J connectivity index is 1.42. The standard InChI is InChI=1S/C25H27NO5/c1-29-24(28)21-16-23(27)26-22(20-12-6-3-7-13-20)18-31-25(21,26)14-8-9-15-30-17-19-10-4-2-5-11-19/h2-7,10-13,16,22H,8-9,14-15,17-18H2,1H3/t22-,25-/m0/s1. The molecule has 6 heteroatoms. The van der Waals surface area contributed by atoms with Gasteiger partial charge in [0.05, 0.1) is 31.9 Å². The Bertz CT molecular complexity index is 943. The minimum atomic E-state index is -1.08. The third-order valence-corrected chi connectivity index (χ3v) is 5.86. The monoisotopic (exact) mass is 421 g/mol. The number of amides is 1. The minimum absolute atomic E-state index is 0.216. The highest BCUT2D eigenvalue weighted by atomic mass is 16.5. The number of rotatable bonds is 9. The van der Waals surface area contributed by atoms with Gasteiger partial charge in [-0.3, -0.25) is 9.69 Å². The predicted octanol–water partition coefficient (Wildman–Crippen LogP) is 3.78. The molecule has 2 aromatic carbocycles. The van der Waals surface area contributed by atoms with Crippen LogP contribution in [-0.2, 0) is 30.4 Å². The first-order chi connectivity index (χ1) is 15.2. The van der Waals surface area contributed by atoms with Crippen LogP contribution in [-0.4, -0.2) is 42.8 Å². The smallest absolute Gasteiger partial charge is 0.338 e. The molecule has 0 spiro atoms. The molecule has 1 fully saturated rings. The van der Waals surface area contributed by atoms with E-state index in [1.54, 1.807) is 4.90 Å². The van der Waals surface area contributed by atoms with Crippen LogP contribution in [0.5, 0.6) is 0 Å². The normalized spacial score (nSPS) is 22.4. The lowest BCUT2D eigenvalue weighted by Crippen LogP contribution is -2.47. The second-order valence-electron chi connectivity index (χ2n) is 7.77. The second-order valence-corrected chi connectivity index (χ2v) is 7.77. The van der Waals surface area contributed by atoms with E-state index in [0.29, 0.717) is 26.2 Å². The molecule has 31 heavy (non-hydrogen) atoms. The molecule has 2 aromatic rings. The van der Waals surface area contributed by atoms with Crippen LogP contribution in [0.4, 0.5) is 0 Å². The van der Waals surface area contributed by atoms with Gasteiger partial charge in [-0.25, -0.2) is 4.79 Å². The van der Waals surface area contributed by atoms with Crippen LogP contribution in [0.25, 0.3) is 0 Å². The Morgan fingerprint density at radius 2 is 1.81 bits per heavy atom. The van der Waals surface area contributed by atoms with Crippen LogP contribution in [0, 0.1) is 0 Å². The van der Waals surface area contributed by atoms with Crippen molar-refractivity contribution in [3.8, 4) is 0 Å². The Morgan fingerprint density at radius 1 is 1.10 bits per heavy atom. The first-order valence-corrected chi connectivity index (χ1v) is 10.6. The van der Waals surface area contributed by atoms with Crippen LogP contribution in [0.1, 0.15) is 36.4 Å². The molecule has 0 radical (unpaired) electrons. The largest absolute Gasteiger partial charge is 0.466 e. The zero-order valence-electron chi connectivity index (χ0n) is 17.7. The van der Waals surface area contributed by atoms with E-state index in [-0.39, 0.29) is 17.5 Å². The lowest BCUT2D eigenvalue weighted by atomic mass is 9.96. The van der Waals surface area contributed by atoms with Gasteiger partial charge in [0, 0.05) is 19.1 Å². The van der Waals surface area contributed by atoms with Gasteiger partial charge < -0.3 is 14.2 Å². The van der Waals surface area contributed by atoms with E-state index in [4.69, 9.17) is 14.2 Å². The quantitative estimate of drug-likeness (QED) is 0.455. The van der Waals surface area contributed by atoms with E-state index in [1.807, 2.05) is 60.7 Å². The van der Waals surface area contributed by atoms with Gasteiger partial charge in [0.15, 0.2) is 5.72 Å². The van der Waals surface area contributed by atoms with Crippen molar-refractivity contribution in [2.24, 2.45) is 0 Å². The summed E-state index contributed by atoms with van der Waals surface area (Å²) in [5, 5.41) is 0. The van der Waals surface area contributed by atoms with Crippen molar-refractivity contribution in [1.29, 1.82) is 0 Å². The molecule has 2 aliphatic rings. The summed E-state index contributed by atoms with van der Waals surface area (Å²) in [7, 11) is 1.32. The maximum absolute atomic E-state index is 12.9. The van der Waals surface area contributed by atoms with Crippen LogP contribution in [0.15, 0.2) is 72.3 Å². The van der Waals surface area contributed by atoms with Crippen molar-refractivity contribution in [2.45, 2.75) is 37.6 Å². The van der Waals surface area contributed by atoms with Gasteiger partial charge in [0.2, 0.25) is 5.91 Å². The van der Waals surface area contributed by atoms with Crippen molar-refractivity contribution >= 4 is 11.9 Å². The highest BCUT2D eigenvalue weighted by molar-refractivity contribution is 6.05. The first-order valence-electron chi connectivity index (χ1n) is 10.6. The predicted molar refractivity (Wildman–Crippen MR) is 115 cm³/mol. The topological polar surface area (TPSA) is 65.1 Å². The average molecular weight is 421 g/mol. The van der Waals surface area contributed by atoms with Gasteiger partial charge in [-0.05, 0) is 24.0 Å². The molecular formula is C25H27NO5. The Labute approximate surface area is 182 Å². The van der Waals surface area contributed by atoms with Crippen LogP contribution in [0.2, 0.25) is 0 Å². The SMILES string of the molecule is COC(=O)C1=CC(=O)N2[C@H](c3ccccc3)CO[C@@]12CCCCOCc1ccccc1. The van der Waals surface area contributed by atoms with Gasteiger partial charge in [0.25, 0.3) is 0 Å². The van der Waals surface area contributed by atoms with Gasteiger partial charge >= 0.3 is 5.97 Å². The van der Waals surface area contributed by atoms with E-state index in [0.717, 1.165) is 24.0 Å². The van der Waals surface area contributed by atoms with Crippen molar-refractivity contribution in [3.05, 3.63) is 83.4 Å². The van der Waals surface area contributed by atoms with Crippen LogP contribution < -0.4 is 0 Å². The van der Waals surface area contributed by atoms with E-state index in [9.17, 15) is 9.59 Å². The summed E-state index contributed by atoms with van der Waals surface area (Å²) >= 11 is 0. The third-order valence-electron chi connectivity index (χ3n) is 5.86. The second kappa shape index (κ2) is 9.45. The molecule has 4 rings (SSSR count). The van der Waals surface area contributed by atoms with Crippen LogP contribution >= 0.6 is 0 Å². The van der Waals surface area contributed by atoms with E-state index < -0.39 is 11.7 Å². The molecular weight excluding hydrogens is 394 g/mol. The number of fused-ring (bicyclic) bond motifs is 1. The summed E-state index contributed by atoms with van der Waals surface area (Å²) in [6, 6.07) is 19.6. The molecule has 0 unspecified atom stereocenters. The number of ether oxygens (including phenoxy) is 3.